The van der Waals surface area contributed by atoms with Crippen LogP contribution in [-0.4, -0.2) is 21.9 Å². The average molecular weight is 415 g/mol. The van der Waals surface area contributed by atoms with E-state index in [1.54, 1.807) is 18.2 Å². The number of rotatable bonds is 8. The second kappa shape index (κ2) is 9.81. The van der Waals surface area contributed by atoms with Gasteiger partial charge in [0.2, 0.25) is 0 Å². The van der Waals surface area contributed by atoms with Gasteiger partial charge in [0.05, 0.1) is 6.54 Å². The van der Waals surface area contributed by atoms with Gasteiger partial charge in [-0.3, -0.25) is 4.79 Å². The maximum atomic E-state index is 13.2. The van der Waals surface area contributed by atoms with Crippen LogP contribution in [0, 0.1) is 0 Å². The molecule has 0 aliphatic heterocycles. The Morgan fingerprint density at radius 3 is 2.39 bits per heavy atom. The summed E-state index contributed by atoms with van der Waals surface area (Å²) in [4.78, 5) is 15.0. The molecule has 3 nitrogen and oxygen atoms in total. The smallest absolute Gasteiger partial charge is 0.254 e. The minimum absolute atomic E-state index is 0.0506. The van der Waals surface area contributed by atoms with E-state index in [0.717, 1.165) is 25.1 Å². The predicted octanol–water partition coefficient (Wildman–Crippen LogP) is 6.29. The second-order valence-corrected chi connectivity index (χ2v) is 7.72. The second-order valence-electron chi connectivity index (χ2n) is 6.85. The van der Waals surface area contributed by atoms with Crippen molar-refractivity contribution in [1.29, 1.82) is 0 Å². The molecule has 1 aromatic heterocycles. The lowest BCUT2D eigenvalue weighted by Crippen LogP contribution is -2.32. The fourth-order valence-corrected chi connectivity index (χ4v) is 3.71. The third kappa shape index (κ3) is 5.40. The minimum atomic E-state index is -0.0506. The van der Waals surface area contributed by atoms with Gasteiger partial charge >= 0.3 is 0 Å². The van der Waals surface area contributed by atoms with Crippen molar-refractivity contribution in [2.45, 2.75) is 32.9 Å². The van der Waals surface area contributed by atoms with E-state index in [0.29, 0.717) is 28.7 Å². The van der Waals surface area contributed by atoms with Gasteiger partial charge in [-0.25, -0.2) is 0 Å². The van der Waals surface area contributed by atoms with Crippen molar-refractivity contribution < 1.29 is 4.79 Å². The van der Waals surface area contributed by atoms with E-state index in [-0.39, 0.29) is 5.91 Å². The normalized spacial score (nSPS) is 10.8. The Hall–Kier alpha value is -2.23. The number of aromatic nitrogens is 1. The van der Waals surface area contributed by atoms with Gasteiger partial charge in [-0.05, 0) is 42.3 Å². The molecule has 0 saturated heterocycles. The third-order valence-electron chi connectivity index (χ3n) is 4.65. The van der Waals surface area contributed by atoms with E-state index in [1.807, 2.05) is 29.2 Å². The summed E-state index contributed by atoms with van der Waals surface area (Å²) in [5.41, 5.74) is 2.85. The largest absolute Gasteiger partial charge is 0.345 e. The van der Waals surface area contributed by atoms with Crippen molar-refractivity contribution in [2.24, 2.45) is 0 Å². The van der Waals surface area contributed by atoms with Crippen LogP contribution in [0.1, 0.15) is 41.4 Å². The SMILES string of the molecule is CCCCN(Cc1cccn1Cc1ccccc1)C(=O)c1cc(Cl)cc(Cl)c1. The Kier molecular flexibility index (Phi) is 7.18. The molecule has 3 aromatic rings. The van der Waals surface area contributed by atoms with Crippen LogP contribution in [0.5, 0.6) is 0 Å². The topological polar surface area (TPSA) is 25.2 Å². The first-order chi connectivity index (χ1) is 13.6. The van der Waals surface area contributed by atoms with E-state index in [9.17, 15) is 4.79 Å². The number of amides is 1. The zero-order valence-corrected chi connectivity index (χ0v) is 17.5. The van der Waals surface area contributed by atoms with Crippen LogP contribution in [0.4, 0.5) is 0 Å². The summed E-state index contributed by atoms with van der Waals surface area (Å²) in [6.45, 7) is 4.14. The highest BCUT2D eigenvalue weighted by molar-refractivity contribution is 6.35. The first-order valence-corrected chi connectivity index (χ1v) is 10.3. The van der Waals surface area contributed by atoms with Crippen molar-refractivity contribution >= 4 is 29.1 Å². The van der Waals surface area contributed by atoms with Gasteiger partial charge in [0.25, 0.3) is 5.91 Å². The molecule has 2 aromatic carbocycles. The first kappa shape index (κ1) is 20.5. The molecule has 0 N–H and O–H groups in total. The molecule has 1 heterocycles. The number of carbonyl (C=O) groups is 1. The lowest BCUT2D eigenvalue weighted by atomic mass is 10.1. The van der Waals surface area contributed by atoms with Gasteiger partial charge in [-0.1, -0.05) is 66.9 Å². The third-order valence-corrected chi connectivity index (χ3v) is 5.09. The molecule has 0 radical (unpaired) electrons. The summed E-state index contributed by atoms with van der Waals surface area (Å²) in [6, 6.07) is 19.4. The van der Waals surface area contributed by atoms with Crippen molar-refractivity contribution in [3.63, 3.8) is 0 Å². The van der Waals surface area contributed by atoms with Gasteiger partial charge < -0.3 is 9.47 Å². The Bertz CT molecular complexity index is 901. The number of nitrogens with zero attached hydrogens (tertiary/aromatic N) is 2. The average Bonchev–Trinajstić information content (AvgIpc) is 3.11. The summed E-state index contributed by atoms with van der Waals surface area (Å²) >= 11 is 12.2. The molecule has 0 atom stereocenters. The molecule has 3 rings (SSSR count). The Balaban J connectivity index is 1.81. The molecular weight excluding hydrogens is 391 g/mol. The monoisotopic (exact) mass is 414 g/mol. The molecular formula is C23H24Cl2N2O. The summed E-state index contributed by atoms with van der Waals surface area (Å²) < 4.78 is 2.19. The molecule has 0 fully saturated rings. The van der Waals surface area contributed by atoms with E-state index in [4.69, 9.17) is 23.2 Å². The number of hydrogen-bond acceptors (Lipinski definition) is 1. The molecule has 5 heteroatoms. The van der Waals surface area contributed by atoms with Crippen LogP contribution >= 0.6 is 23.2 Å². The molecule has 0 bridgehead atoms. The van der Waals surface area contributed by atoms with Crippen LogP contribution in [0.2, 0.25) is 10.0 Å². The molecule has 0 aliphatic carbocycles. The molecule has 146 valence electrons. The fourth-order valence-electron chi connectivity index (χ4n) is 3.18. The Labute approximate surface area is 176 Å². The number of hydrogen-bond donors (Lipinski definition) is 0. The highest BCUT2D eigenvalue weighted by Gasteiger charge is 2.18. The quantitative estimate of drug-likeness (QED) is 0.425. The van der Waals surface area contributed by atoms with E-state index < -0.39 is 0 Å². The maximum absolute atomic E-state index is 13.2. The fraction of sp³-hybridized carbons (Fsp3) is 0.261. The van der Waals surface area contributed by atoms with Gasteiger partial charge in [0.1, 0.15) is 0 Å². The van der Waals surface area contributed by atoms with E-state index in [2.05, 4.69) is 35.9 Å². The summed E-state index contributed by atoms with van der Waals surface area (Å²) in [5, 5.41) is 0.942. The predicted molar refractivity (Wildman–Crippen MR) is 116 cm³/mol. The lowest BCUT2D eigenvalue weighted by Gasteiger charge is -2.24. The molecule has 0 unspecified atom stereocenters. The number of benzene rings is 2. The van der Waals surface area contributed by atoms with Crippen molar-refractivity contribution in [1.82, 2.24) is 9.47 Å². The van der Waals surface area contributed by atoms with Crippen LogP contribution in [0.15, 0.2) is 66.9 Å². The minimum Gasteiger partial charge on any atom is -0.345 e. The van der Waals surface area contributed by atoms with Crippen molar-refractivity contribution in [2.75, 3.05) is 6.54 Å². The number of halogens is 2. The zero-order chi connectivity index (χ0) is 19.9. The molecule has 1 amide bonds. The number of unbranched alkanes of at least 4 members (excludes halogenated alkanes) is 1. The molecule has 28 heavy (non-hydrogen) atoms. The maximum Gasteiger partial charge on any atom is 0.254 e. The zero-order valence-electron chi connectivity index (χ0n) is 15.9. The summed E-state index contributed by atoms with van der Waals surface area (Å²) in [7, 11) is 0. The standard InChI is InChI=1S/C23H24Cl2N2O/c1-2-3-11-27(23(28)19-13-20(24)15-21(25)14-19)17-22-10-7-12-26(22)16-18-8-5-4-6-9-18/h4-10,12-15H,2-3,11,16-17H2,1H3. The summed E-state index contributed by atoms with van der Waals surface area (Å²) in [6.07, 6.45) is 4.02. The van der Waals surface area contributed by atoms with Crippen LogP contribution in [0.25, 0.3) is 0 Å². The first-order valence-electron chi connectivity index (χ1n) is 9.50. The number of carbonyl (C=O) groups excluding carboxylic acids is 1. The Morgan fingerprint density at radius 2 is 1.71 bits per heavy atom. The highest BCUT2D eigenvalue weighted by Crippen LogP contribution is 2.21. The molecule has 0 saturated carbocycles. The molecule has 0 spiro atoms. The van der Waals surface area contributed by atoms with Gasteiger partial charge in [-0.15, -0.1) is 0 Å². The van der Waals surface area contributed by atoms with Crippen molar-refractivity contribution in [3.8, 4) is 0 Å². The summed E-state index contributed by atoms with van der Waals surface area (Å²) in [5.74, 6) is -0.0506. The van der Waals surface area contributed by atoms with Gasteiger partial charge in [-0.2, -0.15) is 0 Å². The van der Waals surface area contributed by atoms with Crippen molar-refractivity contribution in [3.05, 3.63) is 93.7 Å². The van der Waals surface area contributed by atoms with Crippen LogP contribution in [0.3, 0.4) is 0 Å². The Morgan fingerprint density at radius 1 is 1.00 bits per heavy atom. The van der Waals surface area contributed by atoms with Crippen LogP contribution in [-0.2, 0) is 13.1 Å². The van der Waals surface area contributed by atoms with E-state index in [1.165, 1.54) is 5.56 Å². The van der Waals surface area contributed by atoms with Gasteiger partial charge in [0.15, 0.2) is 0 Å². The van der Waals surface area contributed by atoms with Gasteiger partial charge in [0, 0.05) is 40.6 Å². The van der Waals surface area contributed by atoms with Crippen LogP contribution < -0.4 is 0 Å². The van der Waals surface area contributed by atoms with E-state index >= 15 is 0 Å². The highest BCUT2D eigenvalue weighted by atomic mass is 35.5. The molecule has 0 aliphatic rings. The lowest BCUT2D eigenvalue weighted by molar-refractivity contribution is 0.0737.